The zero-order chi connectivity index (χ0) is 36.7. The molecule has 0 saturated carbocycles. The van der Waals surface area contributed by atoms with Crippen LogP contribution in [0.4, 0.5) is 0 Å². The molecule has 12 rings (SSSR count). The van der Waals surface area contributed by atoms with E-state index >= 15 is 0 Å². The van der Waals surface area contributed by atoms with E-state index in [1.165, 1.54) is 43.4 Å². The normalized spacial score (nSPS) is 11.9. The van der Waals surface area contributed by atoms with Crippen molar-refractivity contribution in [2.75, 3.05) is 0 Å². The third kappa shape index (κ3) is 4.52. The Kier molecular flexibility index (Phi) is 6.56. The highest BCUT2D eigenvalue weighted by Crippen LogP contribution is 2.43. The molecule has 3 aromatic heterocycles. The van der Waals surface area contributed by atoms with Crippen molar-refractivity contribution in [2.24, 2.45) is 0 Å². The summed E-state index contributed by atoms with van der Waals surface area (Å²) in [6.07, 6.45) is 0. The van der Waals surface area contributed by atoms with Crippen molar-refractivity contribution in [3.8, 4) is 39.9 Å². The molecule has 12 aromatic rings. The number of aromatic nitrogens is 4. The summed E-state index contributed by atoms with van der Waals surface area (Å²) in [7, 11) is 0. The van der Waals surface area contributed by atoms with Crippen molar-refractivity contribution < 1.29 is 4.42 Å². The maximum absolute atomic E-state index is 6.29. The number of para-hydroxylation sites is 1. The lowest BCUT2D eigenvalue weighted by Crippen LogP contribution is -2.02. The molecule has 0 bridgehead atoms. The first-order chi connectivity index (χ1) is 27.8. The molecule has 3 heterocycles. The standard InChI is InChI=1S/C51H30N4O/c1-2-15-33(16-3-1)49-52-50(54-51(53-49)40-22-12-24-45-46(40)39-21-10-11-23-44(39)56-45)38-27-30-41(37-20-9-8-19-36(37)38)55-42-28-25-31-13-4-6-17-34(31)47(42)48-35-18-7-5-14-32(35)26-29-43(48)55/h1-30H. The molecule has 0 aliphatic rings. The molecule has 0 radical (unpaired) electrons. The first kappa shape index (κ1) is 30.8. The molecule has 0 aliphatic heterocycles. The minimum atomic E-state index is 0.598. The third-order valence-electron chi connectivity index (χ3n) is 11.2. The Balaban J connectivity index is 1.14. The molecule has 5 heteroatoms. The van der Waals surface area contributed by atoms with E-state index in [2.05, 4.69) is 126 Å². The molecule has 0 spiro atoms. The number of nitrogens with zero attached hydrogens (tertiary/aromatic N) is 4. The maximum Gasteiger partial charge on any atom is 0.164 e. The van der Waals surface area contributed by atoms with Gasteiger partial charge in [-0.05, 0) is 63.3 Å². The number of rotatable bonds is 4. The predicted molar refractivity (Wildman–Crippen MR) is 230 cm³/mol. The second-order valence-electron chi connectivity index (χ2n) is 14.3. The van der Waals surface area contributed by atoms with E-state index in [0.29, 0.717) is 17.5 Å². The highest BCUT2D eigenvalue weighted by molar-refractivity contribution is 6.29. The van der Waals surface area contributed by atoms with Gasteiger partial charge >= 0.3 is 0 Å². The molecule has 0 N–H and O–H groups in total. The van der Waals surface area contributed by atoms with Crippen LogP contribution in [0.3, 0.4) is 0 Å². The van der Waals surface area contributed by atoms with Crippen molar-refractivity contribution in [2.45, 2.75) is 0 Å². The lowest BCUT2D eigenvalue weighted by Gasteiger charge is -2.15. The Hall–Kier alpha value is -7.63. The molecular weight excluding hydrogens is 685 g/mol. The van der Waals surface area contributed by atoms with Gasteiger partial charge in [0.05, 0.1) is 16.7 Å². The van der Waals surface area contributed by atoms with Gasteiger partial charge in [0.15, 0.2) is 17.5 Å². The topological polar surface area (TPSA) is 56.7 Å². The summed E-state index contributed by atoms with van der Waals surface area (Å²) in [4.78, 5) is 15.6. The molecule has 5 nitrogen and oxygen atoms in total. The maximum atomic E-state index is 6.29. The summed E-state index contributed by atoms with van der Waals surface area (Å²) in [5.74, 6) is 1.82. The van der Waals surface area contributed by atoms with Gasteiger partial charge in [-0.3, -0.25) is 0 Å². The van der Waals surface area contributed by atoms with Gasteiger partial charge < -0.3 is 8.98 Å². The van der Waals surface area contributed by atoms with Crippen molar-refractivity contribution in [1.29, 1.82) is 0 Å². The van der Waals surface area contributed by atoms with E-state index in [1.54, 1.807) is 0 Å². The number of hydrogen-bond donors (Lipinski definition) is 0. The molecule has 9 aromatic carbocycles. The summed E-state index contributed by atoms with van der Waals surface area (Å²) in [5.41, 5.74) is 7.83. The molecular formula is C51H30N4O. The average molecular weight is 715 g/mol. The fourth-order valence-corrected chi connectivity index (χ4v) is 8.77. The van der Waals surface area contributed by atoms with Gasteiger partial charge in [0, 0.05) is 43.6 Å². The molecule has 260 valence electrons. The largest absolute Gasteiger partial charge is 0.456 e. The van der Waals surface area contributed by atoms with Gasteiger partial charge in [0.2, 0.25) is 0 Å². The van der Waals surface area contributed by atoms with Crippen LogP contribution in [0, 0.1) is 0 Å². The molecule has 0 saturated heterocycles. The Bertz CT molecular complexity index is 3450. The van der Waals surface area contributed by atoms with E-state index < -0.39 is 0 Å². The zero-order valence-electron chi connectivity index (χ0n) is 30.0. The number of fused-ring (bicyclic) bond motifs is 11. The van der Waals surface area contributed by atoms with Gasteiger partial charge in [0.1, 0.15) is 11.2 Å². The summed E-state index contributed by atoms with van der Waals surface area (Å²) in [5, 5.41) is 11.7. The van der Waals surface area contributed by atoms with Crippen LogP contribution in [-0.2, 0) is 0 Å². The molecule has 0 unspecified atom stereocenters. The Morgan fingerprint density at radius 1 is 0.339 bits per heavy atom. The second kappa shape index (κ2) is 11.9. The van der Waals surface area contributed by atoms with Crippen LogP contribution in [0.1, 0.15) is 0 Å². The van der Waals surface area contributed by atoms with E-state index in [1.807, 2.05) is 60.7 Å². The lowest BCUT2D eigenvalue weighted by molar-refractivity contribution is 0.669. The van der Waals surface area contributed by atoms with Crippen LogP contribution in [-0.4, -0.2) is 19.5 Å². The monoisotopic (exact) mass is 714 g/mol. The molecule has 0 fully saturated rings. The number of hydrogen-bond acceptors (Lipinski definition) is 4. The van der Waals surface area contributed by atoms with Crippen LogP contribution in [0.2, 0.25) is 0 Å². The van der Waals surface area contributed by atoms with Gasteiger partial charge in [0.25, 0.3) is 0 Å². The Morgan fingerprint density at radius 3 is 1.61 bits per heavy atom. The molecule has 0 aliphatic carbocycles. The number of benzene rings is 9. The summed E-state index contributed by atoms with van der Waals surface area (Å²) >= 11 is 0. The SMILES string of the molecule is c1ccc(-c2nc(-c3ccc(-n4c5ccc6ccccc6c5c5c6ccccc6ccc54)c4ccccc34)nc(-c3cccc4oc5ccccc5c34)n2)cc1. The highest BCUT2D eigenvalue weighted by atomic mass is 16.3. The van der Waals surface area contributed by atoms with E-state index in [9.17, 15) is 0 Å². The van der Waals surface area contributed by atoms with Crippen molar-refractivity contribution in [3.05, 3.63) is 182 Å². The van der Waals surface area contributed by atoms with Gasteiger partial charge in [-0.1, -0.05) is 146 Å². The van der Waals surface area contributed by atoms with Crippen LogP contribution in [0.15, 0.2) is 186 Å². The summed E-state index contributed by atoms with van der Waals surface area (Å²) in [6.45, 7) is 0. The molecule has 0 amide bonds. The first-order valence-electron chi connectivity index (χ1n) is 18.9. The Morgan fingerprint density at radius 2 is 0.893 bits per heavy atom. The van der Waals surface area contributed by atoms with E-state index in [-0.39, 0.29) is 0 Å². The summed E-state index contributed by atoms with van der Waals surface area (Å²) in [6, 6.07) is 63.9. The van der Waals surface area contributed by atoms with Gasteiger partial charge in [-0.2, -0.15) is 0 Å². The fourth-order valence-electron chi connectivity index (χ4n) is 8.77. The van der Waals surface area contributed by atoms with Crippen LogP contribution in [0.25, 0.3) is 116 Å². The minimum absolute atomic E-state index is 0.598. The van der Waals surface area contributed by atoms with Crippen molar-refractivity contribution in [1.82, 2.24) is 19.5 Å². The Labute approximate surface area is 320 Å². The quantitative estimate of drug-likeness (QED) is 0.182. The van der Waals surface area contributed by atoms with Crippen LogP contribution >= 0.6 is 0 Å². The van der Waals surface area contributed by atoms with E-state index in [4.69, 9.17) is 19.4 Å². The van der Waals surface area contributed by atoms with Crippen molar-refractivity contribution >= 4 is 76.1 Å². The smallest absolute Gasteiger partial charge is 0.164 e. The average Bonchev–Trinajstić information content (AvgIpc) is 3.83. The van der Waals surface area contributed by atoms with Crippen molar-refractivity contribution in [3.63, 3.8) is 0 Å². The molecule has 0 atom stereocenters. The number of furan rings is 1. The lowest BCUT2D eigenvalue weighted by atomic mass is 10.00. The van der Waals surface area contributed by atoms with Gasteiger partial charge in [-0.15, -0.1) is 0 Å². The third-order valence-corrected chi connectivity index (χ3v) is 11.2. The highest BCUT2D eigenvalue weighted by Gasteiger charge is 2.22. The van der Waals surface area contributed by atoms with E-state index in [0.717, 1.165) is 55.1 Å². The van der Waals surface area contributed by atoms with Crippen LogP contribution in [0.5, 0.6) is 0 Å². The summed E-state index contributed by atoms with van der Waals surface area (Å²) < 4.78 is 8.72. The fraction of sp³-hybridized carbons (Fsp3) is 0. The predicted octanol–water partition coefficient (Wildman–Crippen LogP) is 13.3. The molecule has 56 heavy (non-hydrogen) atoms. The van der Waals surface area contributed by atoms with Gasteiger partial charge in [-0.25, -0.2) is 15.0 Å². The zero-order valence-corrected chi connectivity index (χ0v) is 30.0. The van der Waals surface area contributed by atoms with Crippen LogP contribution < -0.4 is 0 Å². The first-order valence-corrected chi connectivity index (χ1v) is 18.9. The minimum Gasteiger partial charge on any atom is -0.456 e. The second-order valence-corrected chi connectivity index (χ2v) is 14.3.